The third-order valence-corrected chi connectivity index (χ3v) is 8.75. The zero-order valence-corrected chi connectivity index (χ0v) is 19.9. The molecule has 0 saturated heterocycles. The zero-order chi connectivity index (χ0) is 23.4. The van der Waals surface area contributed by atoms with Crippen molar-refractivity contribution in [3.05, 3.63) is 36.4 Å². The van der Waals surface area contributed by atoms with Crippen LogP contribution in [0.15, 0.2) is 24.8 Å². The van der Waals surface area contributed by atoms with Gasteiger partial charge in [0, 0.05) is 0 Å². The van der Waals surface area contributed by atoms with Gasteiger partial charge in [0.05, 0.1) is 13.0 Å². The number of hydrogen-bond acceptors (Lipinski definition) is 3. The van der Waals surface area contributed by atoms with Crippen molar-refractivity contribution < 1.29 is 23.0 Å². The summed E-state index contributed by atoms with van der Waals surface area (Å²) in [5.41, 5.74) is 0. The lowest BCUT2D eigenvalue weighted by Gasteiger charge is -2.45. The molecule has 3 aliphatic rings. The van der Waals surface area contributed by atoms with Gasteiger partial charge in [-0.15, -0.1) is 6.58 Å². The molecule has 0 heterocycles. The first-order chi connectivity index (χ1) is 16.0. The van der Waals surface area contributed by atoms with Crippen LogP contribution in [0.4, 0.5) is 8.78 Å². The molecule has 3 fully saturated rings. The SMILES string of the molecule is C=CCCC1CCC2CC(C3CCC(C(=O)Oc4ccc(OC)c(F)c4F)CC3)CCC2C1. The Hall–Kier alpha value is -1.91. The quantitative estimate of drug-likeness (QED) is 0.240. The maximum absolute atomic E-state index is 14.2. The molecule has 0 aliphatic heterocycles. The first-order valence-corrected chi connectivity index (χ1v) is 12.8. The fraction of sp³-hybridized carbons (Fsp3) is 0.679. The van der Waals surface area contributed by atoms with E-state index in [1.165, 1.54) is 64.2 Å². The summed E-state index contributed by atoms with van der Waals surface area (Å²) in [6, 6.07) is 2.53. The Kier molecular flexibility index (Phi) is 8.08. The van der Waals surface area contributed by atoms with Gasteiger partial charge in [0.1, 0.15) is 0 Å². The molecule has 1 aromatic carbocycles. The van der Waals surface area contributed by atoms with Crippen molar-refractivity contribution in [3.8, 4) is 11.5 Å². The third kappa shape index (κ3) is 5.60. The summed E-state index contributed by atoms with van der Waals surface area (Å²) in [7, 11) is 1.27. The Labute approximate surface area is 196 Å². The van der Waals surface area contributed by atoms with Crippen molar-refractivity contribution in [2.75, 3.05) is 7.11 Å². The Morgan fingerprint density at radius 3 is 2.18 bits per heavy atom. The van der Waals surface area contributed by atoms with E-state index < -0.39 is 17.6 Å². The van der Waals surface area contributed by atoms with Crippen molar-refractivity contribution in [1.29, 1.82) is 0 Å². The van der Waals surface area contributed by atoms with Gasteiger partial charge in [-0.2, -0.15) is 8.78 Å². The van der Waals surface area contributed by atoms with Crippen LogP contribution in [0, 0.1) is 47.1 Å². The minimum absolute atomic E-state index is 0.201. The molecular weight excluding hydrogens is 422 g/mol. The van der Waals surface area contributed by atoms with Gasteiger partial charge in [-0.3, -0.25) is 4.79 Å². The lowest BCUT2D eigenvalue weighted by atomic mass is 9.60. The first-order valence-electron chi connectivity index (χ1n) is 12.8. The molecule has 4 atom stereocenters. The van der Waals surface area contributed by atoms with Crippen molar-refractivity contribution in [3.63, 3.8) is 0 Å². The van der Waals surface area contributed by atoms with Gasteiger partial charge in [0.25, 0.3) is 0 Å². The van der Waals surface area contributed by atoms with E-state index in [0.29, 0.717) is 5.92 Å². The number of rotatable bonds is 7. The van der Waals surface area contributed by atoms with Crippen molar-refractivity contribution in [1.82, 2.24) is 0 Å². The topological polar surface area (TPSA) is 35.5 Å². The molecule has 4 rings (SSSR count). The molecule has 0 bridgehead atoms. The number of carbonyl (C=O) groups excluding carboxylic acids is 1. The largest absolute Gasteiger partial charge is 0.494 e. The summed E-state index contributed by atoms with van der Waals surface area (Å²) in [6.07, 6.45) is 16.3. The molecule has 1 aromatic rings. The van der Waals surface area contributed by atoms with Gasteiger partial charge in [-0.05, 0) is 112 Å². The number of methoxy groups -OCH3 is 1. The fourth-order valence-electron chi connectivity index (χ4n) is 6.84. The number of allylic oxidation sites excluding steroid dienone is 1. The lowest BCUT2D eigenvalue weighted by molar-refractivity contribution is -0.140. The molecule has 0 N–H and O–H groups in total. The zero-order valence-electron chi connectivity index (χ0n) is 19.9. The van der Waals surface area contributed by atoms with Gasteiger partial charge >= 0.3 is 5.97 Å². The molecule has 33 heavy (non-hydrogen) atoms. The van der Waals surface area contributed by atoms with Crippen LogP contribution in [-0.2, 0) is 4.79 Å². The highest BCUT2D eigenvalue weighted by Gasteiger charge is 2.39. The van der Waals surface area contributed by atoms with Gasteiger partial charge in [0.2, 0.25) is 11.6 Å². The lowest BCUT2D eigenvalue weighted by Crippen LogP contribution is -2.35. The van der Waals surface area contributed by atoms with Gasteiger partial charge in [0.15, 0.2) is 11.5 Å². The van der Waals surface area contributed by atoms with Crippen LogP contribution in [0.2, 0.25) is 0 Å². The van der Waals surface area contributed by atoms with Crippen LogP contribution in [0.1, 0.15) is 77.0 Å². The number of hydrogen-bond donors (Lipinski definition) is 0. The van der Waals surface area contributed by atoms with Crippen molar-refractivity contribution in [2.45, 2.75) is 77.0 Å². The minimum atomic E-state index is -1.17. The van der Waals surface area contributed by atoms with E-state index in [4.69, 9.17) is 9.47 Å². The number of benzene rings is 1. The van der Waals surface area contributed by atoms with E-state index >= 15 is 0 Å². The highest BCUT2D eigenvalue weighted by molar-refractivity contribution is 5.75. The molecule has 182 valence electrons. The van der Waals surface area contributed by atoms with Gasteiger partial charge in [-0.25, -0.2) is 0 Å². The highest BCUT2D eigenvalue weighted by Crippen LogP contribution is 2.49. The fourth-order valence-corrected chi connectivity index (χ4v) is 6.84. The second-order valence-corrected chi connectivity index (χ2v) is 10.6. The predicted octanol–water partition coefficient (Wildman–Crippen LogP) is 7.48. The molecule has 0 spiro atoms. The van der Waals surface area contributed by atoms with Gasteiger partial charge < -0.3 is 9.47 Å². The number of halogens is 2. The number of fused-ring (bicyclic) bond motifs is 1. The summed E-state index contributed by atoms with van der Waals surface area (Å²) < 4.78 is 38.1. The average molecular weight is 461 g/mol. The second-order valence-electron chi connectivity index (χ2n) is 10.6. The summed E-state index contributed by atoms with van der Waals surface area (Å²) in [6.45, 7) is 3.87. The molecule has 0 radical (unpaired) electrons. The molecule has 0 aromatic heterocycles. The Balaban J connectivity index is 1.25. The van der Waals surface area contributed by atoms with E-state index in [9.17, 15) is 13.6 Å². The smallest absolute Gasteiger partial charge is 0.314 e. The summed E-state index contributed by atoms with van der Waals surface area (Å²) in [4.78, 5) is 12.6. The van der Waals surface area contributed by atoms with Crippen LogP contribution < -0.4 is 9.47 Å². The van der Waals surface area contributed by atoms with Crippen LogP contribution in [0.25, 0.3) is 0 Å². The Morgan fingerprint density at radius 2 is 1.48 bits per heavy atom. The molecule has 3 aliphatic carbocycles. The summed E-state index contributed by atoms with van der Waals surface area (Å²) in [5.74, 6) is 0.617. The van der Waals surface area contributed by atoms with E-state index in [1.807, 2.05) is 0 Å². The minimum Gasteiger partial charge on any atom is -0.494 e. The van der Waals surface area contributed by atoms with Crippen LogP contribution >= 0.6 is 0 Å². The maximum Gasteiger partial charge on any atom is 0.314 e. The third-order valence-electron chi connectivity index (χ3n) is 8.75. The van der Waals surface area contributed by atoms with Gasteiger partial charge in [-0.1, -0.05) is 12.5 Å². The van der Waals surface area contributed by atoms with E-state index in [0.717, 1.165) is 55.8 Å². The molecule has 3 nitrogen and oxygen atoms in total. The van der Waals surface area contributed by atoms with Crippen molar-refractivity contribution in [2.24, 2.45) is 35.5 Å². The molecular formula is C28H38F2O3. The van der Waals surface area contributed by atoms with E-state index in [2.05, 4.69) is 12.7 Å². The Bertz CT molecular complexity index is 831. The maximum atomic E-state index is 14.2. The predicted molar refractivity (Wildman–Crippen MR) is 125 cm³/mol. The van der Waals surface area contributed by atoms with E-state index in [1.54, 1.807) is 0 Å². The molecule has 0 amide bonds. The van der Waals surface area contributed by atoms with Crippen LogP contribution in [0.5, 0.6) is 11.5 Å². The Morgan fingerprint density at radius 1 is 0.909 bits per heavy atom. The monoisotopic (exact) mass is 460 g/mol. The number of ether oxygens (including phenoxy) is 2. The highest BCUT2D eigenvalue weighted by atomic mass is 19.2. The first kappa shape index (κ1) is 24.2. The molecule has 5 heteroatoms. The van der Waals surface area contributed by atoms with E-state index in [-0.39, 0.29) is 17.4 Å². The standard InChI is InChI=1S/C28H38F2O3/c1-3-4-5-18-6-7-23-17-22(13-12-21(23)16-18)19-8-10-20(11-9-19)28(31)33-25-15-14-24(32-2)26(29)27(25)30/h3,14-15,18-23H,1,4-13,16-17H2,2H3. The number of carbonyl (C=O) groups is 1. The molecule has 4 unspecified atom stereocenters. The van der Waals surface area contributed by atoms with Crippen LogP contribution in [0.3, 0.4) is 0 Å². The molecule has 3 saturated carbocycles. The second kappa shape index (κ2) is 11.0. The van der Waals surface area contributed by atoms with Crippen LogP contribution in [-0.4, -0.2) is 13.1 Å². The van der Waals surface area contributed by atoms with Crippen molar-refractivity contribution >= 4 is 5.97 Å². The average Bonchev–Trinajstić information content (AvgIpc) is 2.85. The summed E-state index contributed by atoms with van der Waals surface area (Å²) >= 11 is 0. The normalized spacial score (nSPS) is 32.0. The summed E-state index contributed by atoms with van der Waals surface area (Å²) in [5, 5.41) is 0. The number of esters is 1.